The SMILES string of the molecule is CCC(=O)N1CCCC(C(=O)N2CCC(C)C(O)C2)C1. The number of nitrogens with zero attached hydrogens (tertiary/aromatic N) is 2. The first-order valence-corrected chi connectivity index (χ1v) is 7.77. The highest BCUT2D eigenvalue weighted by molar-refractivity contribution is 5.81. The fourth-order valence-electron chi connectivity index (χ4n) is 3.14. The van der Waals surface area contributed by atoms with Crippen LogP contribution in [0.1, 0.15) is 39.5 Å². The fourth-order valence-corrected chi connectivity index (χ4v) is 3.14. The maximum Gasteiger partial charge on any atom is 0.227 e. The minimum atomic E-state index is -0.412. The zero-order chi connectivity index (χ0) is 14.7. The summed E-state index contributed by atoms with van der Waals surface area (Å²) in [4.78, 5) is 27.9. The minimum Gasteiger partial charge on any atom is -0.391 e. The maximum absolute atomic E-state index is 12.5. The predicted octanol–water partition coefficient (Wildman–Crippen LogP) is 0.864. The molecule has 2 rings (SSSR count). The summed E-state index contributed by atoms with van der Waals surface area (Å²) in [5.74, 6) is 0.433. The quantitative estimate of drug-likeness (QED) is 0.817. The van der Waals surface area contributed by atoms with Crippen LogP contribution in [0.3, 0.4) is 0 Å². The zero-order valence-electron chi connectivity index (χ0n) is 12.5. The number of aliphatic hydroxyl groups excluding tert-OH is 1. The molecule has 3 atom stereocenters. The first-order chi connectivity index (χ1) is 9.52. The zero-order valence-corrected chi connectivity index (χ0v) is 12.5. The second kappa shape index (κ2) is 6.57. The lowest BCUT2D eigenvalue weighted by atomic mass is 9.92. The number of hydrogen-bond acceptors (Lipinski definition) is 3. The Morgan fingerprint density at radius 1 is 1.15 bits per heavy atom. The topological polar surface area (TPSA) is 60.9 Å². The van der Waals surface area contributed by atoms with E-state index in [1.54, 1.807) is 4.90 Å². The van der Waals surface area contributed by atoms with Gasteiger partial charge in [0.25, 0.3) is 0 Å². The number of rotatable bonds is 2. The number of aliphatic hydroxyl groups is 1. The monoisotopic (exact) mass is 282 g/mol. The number of hydrogen-bond donors (Lipinski definition) is 1. The lowest BCUT2D eigenvalue weighted by molar-refractivity contribution is -0.144. The molecular weight excluding hydrogens is 256 g/mol. The highest BCUT2D eigenvalue weighted by Crippen LogP contribution is 2.23. The molecule has 5 heteroatoms. The van der Waals surface area contributed by atoms with E-state index >= 15 is 0 Å². The largest absolute Gasteiger partial charge is 0.391 e. The number of amides is 2. The molecule has 0 aliphatic carbocycles. The Kier molecular flexibility index (Phi) is 5.02. The summed E-state index contributed by atoms with van der Waals surface area (Å²) in [7, 11) is 0. The van der Waals surface area contributed by atoms with Gasteiger partial charge in [-0.15, -0.1) is 0 Å². The first kappa shape index (κ1) is 15.3. The summed E-state index contributed by atoms with van der Waals surface area (Å²) in [6, 6.07) is 0. The van der Waals surface area contributed by atoms with Gasteiger partial charge < -0.3 is 14.9 Å². The van der Waals surface area contributed by atoms with E-state index in [-0.39, 0.29) is 23.7 Å². The molecule has 0 saturated carbocycles. The smallest absolute Gasteiger partial charge is 0.227 e. The fraction of sp³-hybridized carbons (Fsp3) is 0.867. The summed E-state index contributed by atoms with van der Waals surface area (Å²) in [6.07, 6.45) is 2.70. The molecule has 0 radical (unpaired) electrons. The highest BCUT2D eigenvalue weighted by atomic mass is 16.3. The summed E-state index contributed by atoms with van der Waals surface area (Å²) in [6.45, 7) is 6.38. The van der Waals surface area contributed by atoms with Crippen molar-refractivity contribution >= 4 is 11.8 Å². The Hall–Kier alpha value is -1.10. The van der Waals surface area contributed by atoms with E-state index in [0.29, 0.717) is 19.5 Å². The molecule has 5 nitrogen and oxygen atoms in total. The van der Waals surface area contributed by atoms with Crippen molar-refractivity contribution in [2.24, 2.45) is 11.8 Å². The second-order valence-corrected chi connectivity index (χ2v) is 6.15. The average Bonchev–Trinajstić information content (AvgIpc) is 2.48. The molecule has 2 saturated heterocycles. The molecule has 0 aromatic carbocycles. The molecule has 3 unspecified atom stereocenters. The van der Waals surface area contributed by atoms with Crippen molar-refractivity contribution in [1.29, 1.82) is 0 Å². The molecule has 0 spiro atoms. The lowest BCUT2D eigenvalue weighted by Crippen LogP contribution is -2.51. The molecule has 2 amide bonds. The van der Waals surface area contributed by atoms with Crippen LogP contribution in [-0.4, -0.2) is 59.0 Å². The van der Waals surface area contributed by atoms with Crippen molar-refractivity contribution in [3.63, 3.8) is 0 Å². The molecule has 2 aliphatic rings. The van der Waals surface area contributed by atoms with Crippen LogP contribution in [0.15, 0.2) is 0 Å². The molecular formula is C15H26N2O3. The molecule has 114 valence electrons. The number of carbonyl (C=O) groups is 2. The Morgan fingerprint density at radius 3 is 2.55 bits per heavy atom. The van der Waals surface area contributed by atoms with Gasteiger partial charge in [0.05, 0.1) is 12.0 Å². The van der Waals surface area contributed by atoms with Crippen molar-refractivity contribution in [2.45, 2.75) is 45.6 Å². The Labute approximate surface area is 120 Å². The van der Waals surface area contributed by atoms with Gasteiger partial charge >= 0.3 is 0 Å². The molecule has 0 aromatic rings. The van der Waals surface area contributed by atoms with E-state index in [1.807, 2.05) is 18.7 Å². The van der Waals surface area contributed by atoms with Gasteiger partial charge in [-0.05, 0) is 25.2 Å². The van der Waals surface area contributed by atoms with E-state index in [4.69, 9.17) is 0 Å². The van der Waals surface area contributed by atoms with Crippen molar-refractivity contribution < 1.29 is 14.7 Å². The third kappa shape index (κ3) is 3.32. The van der Waals surface area contributed by atoms with E-state index in [1.165, 1.54) is 0 Å². The standard InChI is InChI=1S/C15H26N2O3/c1-3-14(19)16-7-4-5-12(9-16)15(20)17-8-6-11(2)13(18)10-17/h11-13,18H,3-10H2,1-2H3. The van der Waals surface area contributed by atoms with Gasteiger partial charge in [-0.1, -0.05) is 13.8 Å². The van der Waals surface area contributed by atoms with E-state index in [9.17, 15) is 14.7 Å². The summed E-state index contributed by atoms with van der Waals surface area (Å²) in [5.41, 5.74) is 0. The molecule has 2 heterocycles. The summed E-state index contributed by atoms with van der Waals surface area (Å²) >= 11 is 0. The van der Waals surface area contributed by atoms with Crippen molar-refractivity contribution in [1.82, 2.24) is 9.80 Å². The normalized spacial score (nSPS) is 31.2. The van der Waals surface area contributed by atoms with Crippen molar-refractivity contribution in [2.75, 3.05) is 26.2 Å². The van der Waals surface area contributed by atoms with Crippen LogP contribution in [0.25, 0.3) is 0 Å². The van der Waals surface area contributed by atoms with E-state index < -0.39 is 6.10 Å². The van der Waals surface area contributed by atoms with Crippen LogP contribution in [0, 0.1) is 11.8 Å². The van der Waals surface area contributed by atoms with Crippen molar-refractivity contribution in [3.8, 4) is 0 Å². The molecule has 1 N–H and O–H groups in total. The molecule has 0 aromatic heterocycles. The van der Waals surface area contributed by atoms with Crippen LogP contribution in [0.2, 0.25) is 0 Å². The number of piperidine rings is 2. The van der Waals surface area contributed by atoms with Gasteiger partial charge in [0.1, 0.15) is 0 Å². The van der Waals surface area contributed by atoms with E-state index in [0.717, 1.165) is 32.4 Å². The van der Waals surface area contributed by atoms with Gasteiger partial charge in [-0.2, -0.15) is 0 Å². The van der Waals surface area contributed by atoms with Gasteiger partial charge in [-0.3, -0.25) is 9.59 Å². The molecule has 2 fully saturated rings. The number of carbonyl (C=O) groups excluding carboxylic acids is 2. The lowest BCUT2D eigenvalue weighted by Gasteiger charge is -2.39. The third-order valence-electron chi connectivity index (χ3n) is 4.66. The Bertz CT molecular complexity index is 372. The number of likely N-dealkylation sites (tertiary alicyclic amines) is 2. The van der Waals surface area contributed by atoms with Gasteiger partial charge in [0, 0.05) is 32.6 Å². The van der Waals surface area contributed by atoms with Gasteiger partial charge in [-0.25, -0.2) is 0 Å². The van der Waals surface area contributed by atoms with Gasteiger partial charge in [0.2, 0.25) is 11.8 Å². The van der Waals surface area contributed by atoms with Crippen LogP contribution in [0.5, 0.6) is 0 Å². The van der Waals surface area contributed by atoms with Crippen LogP contribution in [-0.2, 0) is 9.59 Å². The highest BCUT2D eigenvalue weighted by Gasteiger charge is 2.34. The van der Waals surface area contributed by atoms with Crippen LogP contribution in [0.4, 0.5) is 0 Å². The van der Waals surface area contributed by atoms with Gasteiger partial charge in [0.15, 0.2) is 0 Å². The average molecular weight is 282 g/mol. The number of β-amino-alcohol motifs (C(OH)–C–C–N with tert-alkyl or cyclic N) is 1. The third-order valence-corrected chi connectivity index (χ3v) is 4.66. The minimum absolute atomic E-state index is 0.0835. The molecule has 0 bridgehead atoms. The van der Waals surface area contributed by atoms with Crippen LogP contribution >= 0.6 is 0 Å². The molecule has 20 heavy (non-hydrogen) atoms. The predicted molar refractivity (Wildman–Crippen MR) is 76.0 cm³/mol. The van der Waals surface area contributed by atoms with E-state index in [2.05, 4.69) is 0 Å². The molecule has 2 aliphatic heterocycles. The van der Waals surface area contributed by atoms with Crippen molar-refractivity contribution in [3.05, 3.63) is 0 Å². The van der Waals surface area contributed by atoms with Crippen LogP contribution < -0.4 is 0 Å². The first-order valence-electron chi connectivity index (χ1n) is 7.77. The summed E-state index contributed by atoms with van der Waals surface area (Å²) < 4.78 is 0. The Balaban J connectivity index is 1.93. The Morgan fingerprint density at radius 2 is 1.90 bits per heavy atom. The summed E-state index contributed by atoms with van der Waals surface area (Å²) in [5, 5.41) is 9.92. The maximum atomic E-state index is 12.5. The second-order valence-electron chi connectivity index (χ2n) is 6.15.